The topological polar surface area (TPSA) is 55.1 Å². The van der Waals surface area contributed by atoms with Gasteiger partial charge in [0.05, 0.1) is 0 Å². The van der Waals surface area contributed by atoms with Crippen LogP contribution in [-0.2, 0) is 16.1 Å². The summed E-state index contributed by atoms with van der Waals surface area (Å²) in [5, 5.41) is 9.49. The van der Waals surface area contributed by atoms with Crippen LogP contribution >= 0.6 is 11.3 Å². The third-order valence-electron chi connectivity index (χ3n) is 4.22. The van der Waals surface area contributed by atoms with Crippen molar-refractivity contribution >= 4 is 17.3 Å². The fraction of sp³-hybridized carbons (Fsp3) is 0.733. The molecule has 112 valence electrons. The molecule has 1 aromatic heterocycles. The van der Waals surface area contributed by atoms with Crippen molar-refractivity contribution in [1.82, 2.24) is 4.57 Å². The maximum absolute atomic E-state index is 12.1. The van der Waals surface area contributed by atoms with Gasteiger partial charge in [-0.2, -0.15) is 0 Å². The Morgan fingerprint density at radius 1 is 1.55 bits per heavy atom. The lowest BCUT2D eigenvalue weighted by molar-refractivity contribution is -0.156. The molecule has 0 radical (unpaired) electrons. The van der Waals surface area contributed by atoms with Crippen molar-refractivity contribution in [2.45, 2.75) is 52.7 Å². The van der Waals surface area contributed by atoms with E-state index in [4.69, 9.17) is 10.1 Å². The van der Waals surface area contributed by atoms with Gasteiger partial charge in [-0.25, -0.2) is 0 Å². The second kappa shape index (κ2) is 6.57. The van der Waals surface area contributed by atoms with Crippen LogP contribution in [0.3, 0.4) is 0 Å². The van der Waals surface area contributed by atoms with E-state index < -0.39 is 0 Å². The molecule has 0 bridgehead atoms. The maximum atomic E-state index is 12.1. The quantitative estimate of drug-likeness (QED) is 0.868. The predicted molar refractivity (Wildman–Crippen MR) is 79.4 cm³/mol. The Hall–Kier alpha value is -1.10. The van der Waals surface area contributed by atoms with Gasteiger partial charge in [-0.1, -0.05) is 27.2 Å². The van der Waals surface area contributed by atoms with Gasteiger partial charge in [-0.15, -0.1) is 11.3 Å². The van der Waals surface area contributed by atoms with Crippen molar-refractivity contribution in [1.29, 1.82) is 5.41 Å². The Morgan fingerprint density at radius 2 is 2.30 bits per heavy atom. The van der Waals surface area contributed by atoms with Crippen LogP contribution in [0.2, 0.25) is 0 Å². The van der Waals surface area contributed by atoms with Gasteiger partial charge >= 0.3 is 5.97 Å². The molecule has 4 nitrogen and oxygen atoms in total. The summed E-state index contributed by atoms with van der Waals surface area (Å²) in [7, 11) is 0. The number of nitrogens with zero attached hydrogens (tertiary/aromatic N) is 1. The average Bonchev–Trinajstić information content (AvgIpc) is 2.74. The first-order chi connectivity index (χ1) is 9.47. The Bertz CT molecular complexity index is 506. The minimum absolute atomic E-state index is 0.0414. The Kier molecular flexibility index (Phi) is 5.02. The van der Waals surface area contributed by atoms with Crippen LogP contribution in [0.25, 0.3) is 0 Å². The van der Waals surface area contributed by atoms with E-state index in [2.05, 4.69) is 20.8 Å². The minimum Gasteiger partial charge on any atom is -0.461 e. The van der Waals surface area contributed by atoms with Crippen molar-refractivity contribution in [2.75, 3.05) is 0 Å². The Morgan fingerprint density at radius 3 is 2.90 bits per heavy atom. The zero-order valence-corrected chi connectivity index (χ0v) is 13.3. The van der Waals surface area contributed by atoms with Gasteiger partial charge in [0.25, 0.3) is 0 Å². The first-order valence-electron chi connectivity index (χ1n) is 7.35. The molecule has 2 rings (SSSR count). The largest absolute Gasteiger partial charge is 0.461 e. The summed E-state index contributed by atoms with van der Waals surface area (Å²) in [6, 6.07) is 0. The molecule has 1 fully saturated rings. The highest BCUT2D eigenvalue weighted by molar-refractivity contribution is 7.06. The molecule has 1 saturated carbocycles. The van der Waals surface area contributed by atoms with Gasteiger partial charge in [-0.05, 0) is 30.6 Å². The number of aromatic nitrogens is 1. The van der Waals surface area contributed by atoms with Crippen LogP contribution in [0, 0.1) is 23.2 Å². The van der Waals surface area contributed by atoms with E-state index in [1.165, 1.54) is 17.8 Å². The SMILES string of the molecule is CC(C)[C@H]1CC[C@@H](C)C[C@@H]1OC(=O)Cn1ccsc1=N. The normalized spacial score (nSPS) is 26.7. The Labute approximate surface area is 124 Å². The van der Waals surface area contributed by atoms with Crippen LogP contribution in [0.5, 0.6) is 0 Å². The summed E-state index contributed by atoms with van der Waals surface area (Å²) in [5.74, 6) is 1.42. The van der Waals surface area contributed by atoms with Crippen LogP contribution in [-0.4, -0.2) is 16.6 Å². The van der Waals surface area contributed by atoms with Crippen LogP contribution < -0.4 is 4.80 Å². The van der Waals surface area contributed by atoms with Gasteiger partial charge < -0.3 is 9.30 Å². The number of carbonyl (C=O) groups excluding carboxylic acids is 1. The van der Waals surface area contributed by atoms with E-state index in [1.54, 1.807) is 10.8 Å². The third kappa shape index (κ3) is 3.72. The number of thiazole rings is 1. The molecule has 1 aromatic rings. The molecule has 1 aliphatic rings. The highest BCUT2D eigenvalue weighted by Crippen LogP contribution is 2.35. The zero-order chi connectivity index (χ0) is 14.7. The molecule has 0 aromatic carbocycles. The van der Waals surface area contributed by atoms with E-state index in [-0.39, 0.29) is 18.6 Å². The lowest BCUT2D eigenvalue weighted by Gasteiger charge is -2.36. The minimum atomic E-state index is -0.216. The standard InChI is InChI=1S/C15H24N2O2S/c1-10(2)12-5-4-11(3)8-13(12)19-14(18)9-17-6-7-20-15(17)16/h6-7,10-13,16H,4-5,8-9H2,1-3H3/t11-,12-,13+/m1/s1. The van der Waals surface area contributed by atoms with E-state index in [0.717, 1.165) is 12.8 Å². The monoisotopic (exact) mass is 296 g/mol. The fourth-order valence-electron chi connectivity index (χ4n) is 3.02. The van der Waals surface area contributed by atoms with Gasteiger partial charge in [0.2, 0.25) is 0 Å². The molecule has 1 N–H and O–H groups in total. The van der Waals surface area contributed by atoms with E-state index in [9.17, 15) is 4.79 Å². The smallest absolute Gasteiger partial charge is 0.326 e. The van der Waals surface area contributed by atoms with E-state index >= 15 is 0 Å². The van der Waals surface area contributed by atoms with Crippen LogP contribution in [0.1, 0.15) is 40.0 Å². The molecular formula is C15H24N2O2S. The average molecular weight is 296 g/mol. The van der Waals surface area contributed by atoms with Crippen molar-refractivity contribution in [3.05, 3.63) is 16.4 Å². The Balaban J connectivity index is 1.97. The number of nitrogens with one attached hydrogen (secondary N) is 1. The molecule has 0 saturated heterocycles. The first-order valence-corrected chi connectivity index (χ1v) is 8.23. The highest BCUT2D eigenvalue weighted by atomic mass is 32.1. The second-order valence-electron chi connectivity index (χ2n) is 6.19. The van der Waals surface area contributed by atoms with Crippen molar-refractivity contribution in [3.63, 3.8) is 0 Å². The molecule has 3 atom stereocenters. The summed E-state index contributed by atoms with van der Waals surface area (Å²) >= 11 is 1.32. The third-order valence-corrected chi connectivity index (χ3v) is 4.94. The zero-order valence-electron chi connectivity index (χ0n) is 12.5. The lowest BCUT2D eigenvalue weighted by Crippen LogP contribution is -2.37. The van der Waals surface area contributed by atoms with Gasteiger partial charge in [0.1, 0.15) is 12.6 Å². The number of hydrogen-bond donors (Lipinski definition) is 1. The van der Waals surface area contributed by atoms with E-state index in [1.807, 2.05) is 5.38 Å². The first kappa shape index (κ1) is 15.3. The molecule has 20 heavy (non-hydrogen) atoms. The molecule has 1 heterocycles. The predicted octanol–water partition coefficient (Wildman–Crippen LogP) is 3.03. The maximum Gasteiger partial charge on any atom is 0.326 e. The summed E-state index contributed by atoms with van der Waals surface area (Å²) in [6.45, 7) is 6.79. The molecule has 0 amide bonds. The molecule has 1 aliphatic carbocycles. The second-order valence-corrected chi connectivity index (χ2v) is 7.09. The molecular weight excluding hydrogens is 272 g/mol. The van der Waals surface area contributed by atoms with Crippen molar-refractivity contribution < 1.29 is 9.53 Å². The molecule has 0 unspecified atom stereocenters. The van der Waals surface area contributed by atoms with E-state index in [0.29, 0.717) is 22.6 Å². The molecule has 0 aliphatic heterocycles. The van der Waals surface area contributed by atoms with Gasteiger partial charge in [-0.3, -0.25) is 10.2 Å². The number of hydrogen-bond acceptors (Lipinski definition) is 4. The highest BCUT2D eigenvalue weighted by Gasteiger charge is 2.33. The fourth-order valence-corrected chi connectivity index (χ4v) is 3.62. The number of esters is 1. The summed E-state index contributed by atoms with van der Waals surface area (Å²) in [6.07, 6.45) is 5.15. The summed E-state index contributed by atoms with van der Waals surface area (Å²) < 4.78 is 7.35. The number of ether oxygens (including phenoxy) is 1. The molecule has 5 heteroatoms. The lowest BCUT2D eigenvalue weighted by atomic mass is 9.75. The van der Waals surface area contributed by atoms with Crippen LogP contribution in [0.15, 0.2) is 11.6 Å². The molecule has 0 spiro atoms. The van der Waals surface area contributed by atoms with Crippen LogP contribution in [0.4, 0.5) is 0 Å². The van der Waals surface area contributed by atoms with Gasteiger partial charge in [0, 0.05) is 11.6 Å². The van der Waals surface area contributed by atoms with Gasteiger partial charge in [0.15, 0.2) is 4.80 Å². The van der Waals surface area contributed by atoms with Crippen molar-refractivity contribution in [2.24, 2.45) is 17.8 Å². The number of carbonyl (C=O) groups is 1. The number of rotatable bonds is 4. The van der Waals surface area contributed by atoms with Crippen molar-refractivity contribution in [3.8, 4) is 0 Å². The summed E-state index contributed by atoms with van der Waals surface area (Å²) in [4.78, 5) is 12.5. The summed E-state index contributed by atoms with van der Waals surface area (Å²) in [5.41, 5.74) is 0.